The highest BCUT2D eigenvalue weighted by Crippen LogP contribution is 2.50. The average Bonchev–Trinajstić information content (AvgIpc) is 0.765. The van der Waals surface area contributed by atoms with Crippen molar-refractivity contribution in [1.29, 1.82) is 0 Å². The molecular weight excluding hydrogens is 1210 g/mol. The lowest BCUT2D eigenvalue weighted by molar-refractivity contribution is -0.123. The van der Waals surface area contributed by atoms with Crippen molar-refractivity contribution in [1.82, 2.24) is 5.32 Å². The second kappa shape index (κ2) is 27.6. The van der Waals surface area contributed by atoms with Crippen molar-refractivity contribution in [2.24, 2.45) is 0 Å². The summed E-state index contributed by atoms with van der Waals surface area (Å²) in [5, 5.41) is 6.04. The molecular formula is C83H97NO7P2Si. The Labute approximate surface area is 562 Å². The lowest BCUT2D eigenvalue weighted by atomic mass is 9.79. The summed E-state index contributed by atoms with van der Waals surface area (Å²) in [5.41, 5.74) is 11.5. The van der Waals surface area contributed by atoms with Gasteiger partial charge < -0.3 is 33.1 Å². The van der Waals surface area contributed by atoms with Crippen molar-refractivity contribution in [2.75, 3.05) is 19.3 Å². The Bertz CT molecular complexity index is 4160. The SMILES string of the molecule is C[C@@H](NC(=O)COc1c2cc(C(C)(C)C)cc1Cc1cc(C(C)(C)C)cc(c1O[Si](C)(C)C)Cc1cc(C(C)(C)C)cc(c1OCP(=O)(c1ccccc1)c1ccccc1)Cc1cc(C(C)(C)C)cc(c1OCP(=O)(c1ccccc1)c1ccccc1)C2)c1ccccc1. The number of benzene rings is 9. The number of nitrogens with one attached hydrogen (secondary N) is 1. The van der Waals surface area contributed by atoms with Crippen LogP contribution in [0.3, 0.4) is 0 Å². The third-order valence-electron chi connectivity index (χ3n) is 17.9. The first-order valence-electron chi connectivity index (χ1n) is 33.2. The van der Waals surface area contributed by atoms with Gasteiger partial charge in [-0.2, -0.15) is 0 Å². The largest absolute Gasteiger partial charge is 0.544 e. The van der Waals surface area contributed by atoms with Crippen LogP contribution in [0, 0.1) is 0 Å². The van der Waals surface area contributed by atoms with Crippen molar-refractivity contribution < 1.29 is 32.6 Å². The molecule has 0 saturated heterocycles. The van der Waals surface area contributed by atoms with Crippen molar-refractivity contribution in [3.8, 4) is 23.0 Å². The van der Waals surface area contributed by atoms with E-state index in [1.54, 1.807) is 0 Å². The molecule has 490 valence electrons. The minimum Gasteiger partial charge on any atom is -0.544 e. The van der Waals surface area contributed by atoms with E-state index in [9.17, 15) is 4.79 Å². The lowest BCUT2D eigenvalue weighted by Gasteiger charge is -2.31. The smallest absolute Gasteiger partial charge is 0.258 e. The second-order valence-electron chi connectivity index (χ2n) is 30.8. The highest BCUT2D eigenvalue weighted by molar-refractivity contribution is 7.79. The van der Waals surface area contributed by atoms with Crippen molar-refractivity contribution in [3.63, 3.8) is 0 Å². The summed E-state index contributed by atoms with van der Waals surface area (Å²) in [5.74, 6) is 2.46. The molecule has 8 nitrogen and oxygen atoms in total. The fraction of sp³-hybridized carbons (Fsp3) is 0.337. The first-order valence-corrected chi connectivity index (χ1v) is 40.4. The number of carbonyl (C=O) groups is 1. The summed E-state index contributed by atoms with van der Waals surface area (Å²) in [6.07, 6.45) is 1.22. The summed E-state index contributed by atoms with van der Waals surface area (Å²) in [6.45, 7) is 35.5. The summed E-state index contributed by atoms with van der Waals surface area (Å²) in [4.78, 5) is 14.5. The minimum atomic E-state index is -3.51. The first-order chi connectivity index (χ1) is 44.3. The van der Waals surface area contributed by atoms with Gasteiger partial charge in [-0.1, -0.05) is 283 Å². The molecule has 0 unspecified atom stereocenters. The molecule has 9 aromatic carbocycles. The van der Waals surface area contributed by atoms with Crippen molar-refractivity contribution in [3.05, 3.63) is 273 Å². The van der Waals surface area contributed by atoms with E-state index in [0.717, 1.165) is 78.1 Å². The summed E-state index contributed by atoms with van der Waals surface area (Å²) in [7, 11) is -9.38. The van der Waals surface area contributed by atoms with E-state index < -0.39 is 22.6 Å². The monoisotopic (exact) mass is 1310 g/mol. The van der Waals surface area contributed by atoms with Crippen LogP contribution in [0.15, 0.2) is 200 Å². The van der Waals surface area contributed by atoms with Gasteiger partial charge in [0.15, 0.2) is 20.9 Å². The van der Waals surface area contributed by atoms with Crippen molar-refractivity contribution >= 4 is 49.7 Å². The zero-order chi connectivity index (χ0) is 67.6. The number of fused-ring (bicyclic) bond motifs is 8. The van der Waals surface area contributed by atoms with Gasteiger partial charge in [-0.15, -0.1) is 0 Å². The van der Waals surface area contributed by atoms with Crippen LogP contribution < -0.4 is 45.2 Å². The molecule has 0 aliphatic heterocycles. The van der Waals surface area contributed by atoms with Gasteiger partial charge in [0, 0.05) is 46.9 Å². The molecule has 0 spiro atoms. The van der Waals surface area contributed by atoms with Crippen LogP contribution in [-0.4, -0.2) is 33.5 Å². The molecule has 0 aromatic heterocycles. The van der Waals surface area contributed by atoms with Gasteiger partial charge in [0.05, 0.1) is 6.04 Å². The van der Waals surface area contributed by atoms with E-state index in [4.69, 9.17) is 18.6 Å². The van der Waals surface area contributed by atoms with Gasteiger partial charge >= 0.3 is 0 Å². The fourth-order valence-electron chi connectivity index (χ4n) is 12.4. The minimum absolute atomic E-state index is 0.105. The molecule has 1 N–H and O–H groups in total. The third-order valence-corrected chi connectivity index (χ3v) is 24.2. The fourth-order valence-corrected chi connectivity index (χ4v) is 17.7. The van der Waals surface area contributed by atoms with Gasteiger partial charge in [0.1, 0.15) is 35.7 Å². The molecule has 1 aliphatic carbocycles. The molecule has 1 amide bonds. The maximum absolute atomic E-state index is 16.4. The molecule has 0 radical (unpaired) electrons. The molecule has 0 heterocycles. The van der Waals surface area contributed by atoms with Crippen LogP contribution in [0.5, 0.6) is 23.0 Å². The standard InChI is InChI=1S/C83H97NO7P2Si/c1-57(58-32-22-17-23-33-58)84-75(85)54-88-76-59-42-61-48-68(81(5,6)7)49-62(77(61)89-55-92(86,71-34-24-18-25-35-71)72-36-26-19-27-37-72)43-63-50-69(82(8,9)10)51-64(78(63)90-56-93(87,73-38-28-20-29-39-73)74-40-30-21-31-41-74)45-66-53-70(83(11,12)13)52-65(79(66)91-94(14,15)16)44-60(76)47-67(46-59)80(2,3)4/h17-41,46-53,57H,42-45,54-56H2,1-16H3,(H,84,85)/t57-/m1/s1. The van der Waals surface area contributed by atoms with Crippen LogP contribution >= 0.6 is 14.3 Å². The highest BCUT2D eigenvalue weighted by Gasteiger charge is 2.35. The maximum atomic E-state index is 16.4. The average molecular weight is 1310 g/mol. The number of carbonyl (C=O) groups excluding carboxylic acids is 1. The van der Waals surface area contributed by atoms with E-state index >= 15 is 9.13 Å². The van der Waals surface area contributed by atoms with Gasteiger partial charge in [0.25, 0.3) is 5.91 Å². The van der Waals surface area contributed by atoms with Crippen LogP contribution in [0.1, 0.15) is 168 Å². The molecule has 0 fully saturated rings. The predicted molar refractivity (Wildman–Crippen MR) is 395 cm³/mol. The molecule has 8 bridgehead atoms. The molecule has 94 heavy (non-hydrogen) atoms. The highest BCUT2D eigenvalue weighted by atomic mass is 31.2. The Kier molecular flexibility index (Phi) is 20.3. The van der Waals surface area contributed by atoms with E-state index in [2.05, 4.69) is 157 Å². The van der Waals surface area contributed by atoms with Crippen LogP contribution in [0.25, 0.3) is 0 Å². The normalized spacial score (nSPS) is 13.6. The number of rotatable bonds is 17. The van der Waals surface area contributed by atoms with Gasteiger partial charge in [-0.25, -0.2) is 0 Å². The van der Waals surface area contributed by atoms with Crippen LogP contribution in [-0.2, 0) is 61.3 Å². The molecule has 11 heteroatoms. The van der Waals surface area contributed by atoms with Crippen LogP contribution in [0.4, 0.5) is 0 Å². The van der Waals surface area contributed by atoms with Gasteiger partial charge in [0.2, 0.25) is 8.32 Å². The zero-order valence-electron chi connectivity index (χ0n) is 58.3. The zero-order valence-corrected chi connectivity index (χ0v) is 61.1. The van der Waals surface area contributed by atoms with Crippen LogP contribution in [0.2, 0.25) is 19.6 Å². The molecule has 10 rings (SSSR count). The summed E-state index contributed by atoms with van der Waals surface area (Å²) >= 11 is 0. The Hall–Kier alpha value is -7.67. The topological polar surface area (TPSA) is 100 Å². The second-order valence-corrected chi connectivity index (χ2v) is 40.7. The number of hydrogen-bond donors (Lipinski definition) is 1. The van der Waals surface area contributed by atoms with E-state index in [0.29, 0.717) is 64.1 Å². The Morgan fingerprint density at radius 1 is 0.394 bits per heavy atom. The Morgan fingerprint density at radius 3 is 0.894 bits per heavy atom. The van der Waals surface area contributed by atoms with Gasteiger partial charge in [-0.3, -0.25) is 4.79 Å². The Balaban J connectivity index is 1.30. The van der Waals surface area contributed by atoms with Gasteiger partial charge in [-0.05, 0) is 121 Å². The maximum Gasteiger partial charge on any atom is 0.258 e. The number of hydrogen-bond acceptors (Lipinski definition) is 7. The van der Waals surface area contributed by atoms with Crippen molar-refractivity contribution in [2.45, 2.75) is 163 Å². The molecule has 0 saturated carbocycles. The van der Waals surface area contributed by atoms with E-state index in [1.807, 2.05) is 159 Å². The Morgan fingerprint density at radius 2 is 0.638 bits per heavy atom. The predicted octanol–water partition coefficient (Wildman–Crippen LogP) is 18.7. The molecule has 1 atom stereocenters. The van der Waals surface area contributed by atoms with E-state index in [-0.39, 0.29) is 52.9 Å². The lowest BCUT2D eigenvalue weighted by Crippen LogP contribution is -2.31. The summed E-state index contributed by atoms with van der Waals surface area (Å²) in [6, 6.07) is 67.0. The van der Waals surface area contributed by atoms with E-state index in [1.165, 1.54) is 0 Å². The third kappa shape index (κ3) is 16.2. The summed E-state index contributed by atoms with van der Waals surface area (Å²) < 4.78 is 62.5. The molecule has 9 aromatic rings. The number of amides is 1. The molecule has 1 aliphatic rings. The first kappa shape index (κ1) is 69.2. The number of ether oxygens (including phenoxy) is 3. The quantitative estimate of drug-likeness (QED) is 0.0716.